The molecule has 0 bridgehead atoms. The van der Waals surface area contributed by atoms with E-state index < -0.39 is 27.9 Å². The molecule has 0 aliphatic carbocycles. The van der Waals surface area contributed by atoms with Crippen LogP contribution in [-0.4, -0.2) is 55.8 Å². The van der Waals surface area contributed by atoms with Crippen LogP contribution in [0.4, 0.5) is 0 Å². The monoisotopic (exact) mass is 432 g/mol. The molecule has 1 fully saturated rings. The van der Waals surface area contributed by atoms with Crippen LogP contribution in [0.15, 0.2) is 53.7 Å². The van der Waals surface area contributed by atoms with Crippen molar-refractivity contribution < 1.29 is 22.7 Å². The number of aromatic nitrogens is 1. The second-order valence-corrected chi connectivity index (χ2v) is 8.73. The van der Waals surface area contributed by atoms with Crippen molar-refractivity contribution in [3.8, 4) is 5.75 Å². The summed E-state index contributed by atoms with van der Waals surface area (Å²) in [5.41, 5.74) is 0.818. The molecule has 1 saturated heterocycles. The van der Waals surface area contributed by atoms with E-state index in [9.17, 15) is 18.0 Å². The topological polar surface area (TPSA) is 118 Å². The van der Waals surface area contributed by atoms with Gasteiger partial charge in [0, 0.05) is 38.1 Å². The number of amides is 2. The summed E-state index contributed by atoms with van der Waals surface area (Å²) < 4.78 is 32.4. The average Bonchev–Trinajstić information content (AvgIpc) is 3.26. The number of sulfonamides is 1. The maximum Gasteiger partial charge on any atom is 0.309 e. The molecule has 0 radical (unpaired) electrons. The first-order chi connectivity index (χ1) is 14.4. The van der Waals surface area contributed by atoms with Gasteiger partial charge in [0.15, 0.2) is 0 Å². The fourth-order valence-corrected chi connectivity index (χ4v) is 4.96. The molecule has 1 unspecified atom stereocenters. The fourth-order valence-electron chi connectivity index (χ4n) is 3.27. The molecular weight excluding hydrogens is 408 g/mol. The molecule has 3 rings (SSSR count). The van der Waals surface area contributed by atoms with E-state index in [-0.39, 0.29) is 18.0 Å². The minimum atomic E-state index is -3.71. The van der Waals surface area contributed by atoms with Gasteiger partial charge in [0.05, 0.1) is 12.0 Å². The van der Waals surface area contributed by atoms with E-state index >= 15 is 0 Å². The first-order valence-electron chi connectivity index (χ1n) is 9.52. The van der Waals surface area contributed by atoms with Crippen molar-refractivity contribution in [1.82, 2.24) is 19.9 Å². The predicted octanol–water partition coefficient (Wildman–Crippen LogP) is 0.676. The molecule has 10 heteroatoms. The van der Waals surface area contributed by atoms with Crippen LogP contribution < -0.4 is 15.4 Å². The Morgan fingerprint density at radius 2 is 1.77 bits per heavy atom. The molecule has 0 saturated carbocycles. The number of hydrogen-bond acceptors (Lipinski definition) is 6. The number of rotatable bonds is 7. The fraction of sp³-hybridized carbons (Fsp3) is 0.350. The summed E-state index contributed by atoms with van der Waals surface area (Å²) >= 11 is 0. The summed E-state index contributed by atoms with van der Waals surface area (Å²) in [6, 6.07) is 9.23. The van der Waals surface area contributed by atoms with E-state index in [1.165, 1.54) is 23.5 Å². The van der Waals surface area contributed by atoms with Crippen LogP contribution in [-0.2, 0) is 26.2 Å². The van der Waals surface area contributed by atoms with Crippen molar-refractivity contribution in [2.45, 2.75) is 30.3 Å². The Balaban J connectivity index is 1.56. The van der Waals surface area contributed by atoms with Gasteiger partial charge in [-0.25, -0.2) is 8.42 Å². The van der Waals surface area contributed by atoms with E-state index in [4.69, 9.17) is 4.74 Å². The molecule has 1 atom stereocenters. The van der Waals surface area contributed by atoms with Crippen LogP contribution in [0.25, 0.3) is 0 Å². The molecule has 0 spiro atoms. The largest absolute Gasteiger partial charge is 0.497 e. The Morgan fingerprint density at radius 3 is 2.43 bits per heavy atom. The Hall–Kier alpha value is -2.98. The molecule has 1 aliphatic rings. The second kappa shape index (κ2) is 9.68. The molecule has 9 nitrogen and oxygen atoms in total. The van der Waals surface area contributed by atoms with Gasteiger partial charge in [-0.15, -0.1) is 0 Å². The molecule has 1 aliphatic heterocycles. The van der Waals surface area contributed by atoms with Crippen molar-refractivity contribution in [1.29, 1.82) is 0 Å². The van der Waals surface area contributed by atoms with Crippen LogP contribution in [0, 0.1) is 0 Å². The molecule has 160 valence electrons. The van der Waals surface area contributed by atoms with Crippen LogP contribution in [0.3, 0.4) is 0 Å². The van der Waals surface area contributed by atoms with E-state index in [1.807, 2.05) is 0 Å². The number of carbonyl (C=O) groups is 2. The van der Waals surface area contributed by atoms with Gasteiger partial charge in [0.2, 0.25) is 10.0 Å². The molecular formula is C20H24N4O5S. The Labute approximate surface area is 175 Å². The third-order valence-corrected chi connectivity index (χ3v) is 6.86. The summed E-state index contributed by atoms with van der Waals surface area (Å²) in [5.74, 6) is -0.996. The number of ether oxygens (including phenoxy) is 1. The SMILES string of the molecule is COc1ccc(S(=O)(=O)N2CCCC2CNC(=O)C(=O)NCc2ccncc2)cc1. The van der Waals surface area contributed by atoms with Gasteiger partial charge < -0.3 is 15.4 Å². The van der Waals surface area contributed by atoms with Crippen molar-refractivity contribution in [3.05, 3.63) is 54.4 Å². The maximum atomic E-state index is 13.0. The van der Waals surface area contributed by atoms with Gasteiger partial charge in [-0.2, -0.15) is 4.31 Å². The highest BCUT2D eigenvalue weighted by Gasteiger charge is 2.35. The third kappa shape index (κ3) is 5.14. The number of carbonyl (C=O) groups excluding carboxylic acids is 2. The zero-order valence-electron chi connectivity index (χ0n) is 16.6. The van der Waals surface area contributed by atoms with E-state index in [0.717, 1.165) is 5.56 Å². The number of nitrogens with zero attached hydrogens (tertiary/aromatic N) is 2. The average molecular weight is 433 g/mol. The van der Waals surface area contributed by atoms with Crippen molar-refractivity contribution in [2.75, 3.05) is 20.2 Å². The van der Waals surface area contributed by atoms with Crippen molar-refractivity contribution in [2.24, 2.45) is 0 Å². The third-order valence-electron chi connectivity index (χ3n) is 4.90. The molecule has 30 heavy (non-hydrogen) atoms. The summed E-state index contributed by atoms with van der Waals surface area (Å²) in [5, 5.41) is 5.07. The lowest BCUT2D eigenvalue weighted by molar-refractivity contribution is -0.139. The van der Waals surface area contributed by atoms with Gasteiger partial charge in [-0.1, -0.05) is 0 Å². The van der Waals surface area contributed by atoms with Crippen LogP contribution in [0.5, 0.6) is 5.75 Å². The maximum absolute atomic E-state index is 13.0. The molecule has 2 N–H and O–H groups in total. The first-order valence-corrected chi connectivity index (χ1v) is 11.0. The summed E-state index contributed by atoms with van der Waals surface area (Å²) in [6.07, 6.45) is 4.48. The standard InChI is InChI=1S/C20H24N4O5S/c1-29-17-4-6-18(7-5-17)30(27,28)24-12-2-3-16(24)14-23-20(26)19(25)22-13-15-8-10-21-11-9-15/h4-11,16H,2-3,12-14H2,1H3,(H,22,25)(H,23,26). The van der Waals surface area contributed by atoms with E-state index in [1.54, 1.807) is 36.7 Å². The number of methoxy groups -OCH3 is 1. The van der Waals surface area contributed by atoms with Crippen LogP contribution in [0.2, 0.25) is 0 Å². The summed E-state index contributed by atoms with van der Waals surface area (Å²) in [4.78, 5) is 28.1. The minimum Gasteiger partial charge on any atom is -0.497 e. The van der Waals surface area contributed by atoms with Gasteiger partial charge in [-0.05, 0) is 54.8 Å². The lowest BCUT2D eigenvalue weighted by Gasteiger charge is -2.24. The first kappa shape index (κ1) is 21.7. The molecule has 2 amide bonds. The van der Waals surface area contributed by atoms with Gasteiger partial charge in [0.1, 0.15) is 5.75 Å². The number of pyridine rings is 1. The smallest absolute Gasteiger partial charge is 0.309 e. The number of hydrogen-bond donors (Lipinski definition) is 2. The Kier molecular flexibility index (Phi) is 7.01. The van der Waals surface area contributed by atoms with Gasteiger partial charge >= 0.3 is 11.8 Å². The highest BCUT2D eigenvalue weighted by atomic mass is 32.2. The zero-order valence-corrected chi connectivity index (χ0v) is 17.4. The second-order valence-electron chi connectivity index (χ2n) is 6.84. The Bertz CT molecular complexity index is 980. The zero-order chi connectivity index (χ0) is 21.6. The van der Waals surface area contributed by atoms with E-state index in [0.29, 0.717) is 25.1 Å². The molecule has 2 heterocycles. The molecule has 1 aromatic carbocycles. The van der Waals surface area contributed by atoms with Crippen LogP contribution >= 0.6 is 0 Å². The number of benzene rings is 1. The van der Waals surface area contributed by atoms with Crippen LogP contribution in [0.1, 0.15) is 18.4 Å². The van der Waals surface area contributed by atoms with Crippen molar-refractivity contribution in [3.63, 3.8) is 0 Å². The predicted molar refractivity (Wildman–Crippen MR) is 109 cm³/mol. The van der Waals surface area contributed by atoms with E-state index in [2.05, 4.69) is 15.6 Å². The summed E-state index contributed by atoms with van der Waals surface area (Å²) in [6.45, 7) is 0.635. The lowest BCUT2D eigenvalue weighted by atomic mass is 10.2. The van der Waals surface area contributed by atoms with Gasteiger partial charge in [0.25, 0.3) is 0 Å². The minimum absolute atomic E-state index is 0.0664. The quantitative estimate of drug-likeness (QED) is 0.621. The summed E-state index contributed by atoms with van der Waals surface area (Å²) in [7, 11) is -2.20. The molecule has 2 aromatic rings. The Morgan fingerprint density at radius 1 is 1.10 bits per heavy atom. The number of nitrogens with one attached hydrogen (secondary N) is 2. The molecule has 1 aromatic heterocycles. The van der Waals surface area contributed by atoms with Crippen molar-refractivity contribution >= 4 is 21.8 Å². The normalized spacial score (nSPS) is 16.8. The highest BCUT2D eigenvalue weighted by molar-refractivity contribution is 7.89. The lowest BCUT2D eigenvalue weighted by Crippen LogP contribution is -2.46. The highest BCUT2D eigenvalue weighted by Crippen LogP contribution is 2.26. The van der Waals surface area contributed by atoms with Gasteiger partial charge in [-0.3, -0.25) is 14.6 Å².